The summed E-state index contributed by atoms with van der Waals surface area (Å²) < 4.78 is 0. The van der Waals surface area contributed by atoms with Gasteiger partial charge in [0.2, 0.25) is 0 Å². The summed E-state index contributed by atoms with van der Waals surface area (Å²) in [4.78, 5) is 21.4. The Bertz CT molecular complexity index is 189. The molecular weight excluding hydrogens is 162 g/mol. The molecule has 0 aliphatic heterocycles. The standard InChI is InChI=1S/C7H10O2S.H3N/c1-4(2)6(8)5(3)7(9)10;/h5H,1H2,2-3H3,(H,9,10);1H3. The Hall–Kier alpha value is -0.610. The molecule has 3 nitrogen and oxygen atoms in total. The Morgan fingerprint density at radius 3 is 1.91 bits per heavy atom. The van der Waals surface area contributed by atoms with Gasteiger partial charge >= 0.3 is 0 Å². The van der Waals surface area contributed by atoms with Crippen LogP contribution in [-0.2, 0) is 9.59 Å². The fourth-order valence-corrected chi connectivity index (χ4v) is 0.599. The molecule has 3 N–H and O–H groups in total. The molecule has 1 unspecified atom stereocenters. The van der Waals surface area contributed by atoms with Crippen molar-refractivity contribution in [3.8, 4) is 0 Å². The Kier molecular flexibility index (Phi) is 6.03. The van der Waals surface area contributed by atoms with E-state index < -0.39 is 11.0 Å². The Balaban J connectivity index is 0. The van der Waals surface area contributed by atoms with E-state index in [1.807, 2.05) is 0 Å². The number of Topliss-reactive ketones (excluding diaryl/α,β-unsaturated/α-hetero) is 1. The monoisotopic (exact) mass is 175 g/mol. The van der Waals surface area contributed by atoms with Gasteiger partial charge in [-0.25, -0.2) is 0 Å². The number of hydrogen-bond donors (Lipinski definition) is 2. The van der Waals surface area contributed by atoms with Crippen molar-refractivity contribution in [2.45, 2.75) is 13.8 Å². The summed E-state index contributed by atoms with van der Waals surface area (Å²) in [6.07, 6.45) is 0. The van der Waals surface area contributed by atoms with E-state index >= 15 is 0 Å². The van der Waals surface area contributed by atoms with Crippen LogP contribution in [0.1, 0.15) is 13.8 Å². The van der Waals surface area contributed by atoms with Crippen molar-refractivity contribution in [1.29, 1.82) is 0 Å². The first-order chi connectivity index (χ1) is 4.46. The smallest absolute Gasteiger partial charge is 0.196 e. The maximum atomic E-state index is 10.9. The van der Waals surface area contributed by atoms with Gasteiger partial charge in [0.1, 0.15) is 0 Å². The lowest BCUT2D eigenvalue weighted by Crippen LogP contribution is -2.17. The van der Waals surface area contributed by atoms with Crippen LogP contribution in [0.5, 0.6) is 0 Å². The average molecular weight is 175 g/mol. The summed E-state index contributed by atoms with van der Waals surface area (Å²) >= 11 is 3.53. The maximum Gasteiger partial charge on any atom is 0.196 e. The number of carbonyl (C=O) groups excluding carboxylic acids is 2. The van der Waals surface area contributed by atoms with E-state index in [-0.39, 0.29) is 11.9 Å². The van der Waals surface area contributed by atoms with Gasteiger partial charge in [0, 0.05) is 0 Å². The van der Waals surface area contributed by atoms with Gasteiger partial charge in [0.25, 0.3) is 0 Å². The van der Waals surface area contributed by atoms with Crippen LogP contribution in [0.25, 0.3) is 0 Å². The number of ketones is 1. The highest BCUT2D eigenvalue weighted by atomic mass is 32.1. The normalized spacial score (nSPS) is 11.2. The van der Waals surface area contributed by atoms with Gasteiger partial charge < -0.3 is 6.15 Å². The van der Waals surface area contributed by atoms with Gasteiger partial charge in [0.05, 0.1) is 5.92 Å². The fourth-order valence-electron chi connectivity index (χ4n) is 0.482. The predicted octanol–water partition coefficient (Wildman–Crippen LogP) is 1.39. The second kappa shape index (κ2) is 5.09. The Morgan fingerprint density at radius 1 is 1.45 bits per heavy atom. The summed E-state index contributed by atoms with van der Waals surface area (Å²) in [5.41, 5.74) is 0.398. The lowest BCUT2D eigenvalue weighted by molar-refractivity contribution is -0.125. The van der Waals surface area contributed by atoms with E-state index in [1.54, 1.807) is 6.92 Å². The molecule has 0 saturated carbocycles. The van der Waals surface area contributed by atoms with Gasteiger partial charge in [0.15, 0.2) is 10.9 Å². The fraction of sp³-hybridized carbons (Fsp3) is 0.429. The highest BCUT2D eigenvalue weighted by Crippen LogP contribution is 2.06. The third kappa shape index (κ3) is 3.95. The molecule has 0 aliphatic rings. The number of carbonyl (C=O) groups is 2. The van der Waals surface area contributed by atoms with Gasteiger partial charge in [-0.2, -0.15) is 0 Å². The molecule has 0 aromatic carbocycles. The van der Waals surface area contributed by atoms with Crippen LogP contribution in [0.2, 0.25) is 0 Å². The molecule has 0 aliphatic carbocycles. The third-order valence-electron chi connectivity index (χ3n) is 1.18. The predicted molar refractivity (Wildman–Crippen MR) is 48.0 cm³/mol. The van der Waals surface area contributed by atoms with Crippen molar-refractivity contribution in [2.24, 2.45) is 5.92 Å². The molecule has 0 aromatic heterocycles. The van der Waals surface area contributed by atoms with Crippen LogP contribution in [0, 0.1) is 5.92 Å². The highest BCUT2D eigenvalue weighted by Gasteiger charge is 2.17. The zero-order chi connectivity index (χ0) is 8.31. The van der Waals surface area contributed by atoms with Crippen LogP contribution in [0.15, 0.2) is 12.2 Å². The molecule has 0 bridgehead atoms. The molecular formula is C7H13NO2S. The molecule has 0 radical (unpaired) electrons. The van der Waals surface area contributed by atoms with E-state index in [4.69, 9.17) is 0 Å². The molecule has 0 rings (SSSR count). The number of allylic oxidation sites excluding steroid dienone is 1. The zero-order valence-corrected chi connectivity index (χ0v) is 7.65. The summed E-state index contributed by atoms with van der Waals surface area (Å²) in [5, 5.41) is -0.409. The van der Waals surface area contributed by atoms with E-state index in [0.717, 1.165) is 0 Å². The molecule has 4 heteroatoms. The van der Waals surface area contributed by atoms with E-state index in [1.165, 1.54) is 6.92 Å². The first-order valence-corrected chi connectivity index (χ1v) is 3.34. The Morgan fingerprint density at radius 2 is 1.82 bits per heavy atom. The molecule has 0 heterocycles. The topological polar surface area (TPSA) is 69.1 Å². The average Bonchev–Trinajstić information content (AvgIpc) is 1.84. The second-order valence-electron chi connectivity index (χ2n) is 2.20. The zero-order valence-electron chi connectivity index (χ0n) is 6.76. The molecule has 11 heavy (non-hydrogen) atoms. The molecule has 0 fully saturated rings. The van der Waals surface area contributed by atoms with E-state index in [0.29, 0.717) is 5.57 Å². The lowest BCUT2D eigenvalue weighted by atomic mass is 10.0. The summed E-state index contributed by atoms with van der Waals surface area (Å²) in [7, 11) is 0. The molecule has 0 spiro atoms. The minimum atomic E-state index is -0.652. The minimum Gasteiger partial charge on any atom is -0.344 e. The largest absolute Gasteiger partial charge is 0.344 e. The van der Waals surface area contributed by atoms with E-state index in [9.17, 15) is 9.59 Å². The molecule has 1 atom stereocenters. The van der Waals surface area contributed by atoms with Crippen LogP contribution in [0.4, 0.5) is 0 Å². The van der Waals surface area contributed by atoms with Crippen molar-refractivity contribution in [1.82, 2.24) is 6.15 Å². The quantitative estimate of drug-likeness (QED) is 0.387. The molecule has 0 amide bonds. The minimum absolute atomic E-state index is 0. The number of rotatable bonds is 3. The van der Waals surface area contributed by atoms with Crippen LogP contribution >= 0.6 is 12.6 Å². The Labute approximate surface area is 71.9 Å². The molecule has 0 aromatic rings. The third-order valence-corrected chi connectivity index (χ3v) is 1.57. The van der Waals surface area contributed by atoms with Crippen molar-refractivity contribution in [3.63, 3.8) is 0 Å². The maximum absolute atomic E-state index is 10.9. The lowest BCUT2D eigenvalue weighted by Gasteiger charge is -2.03. The van der Waals surface area contributed by atoms with Gasteiger partial charge in [-0.1, -0.05) is 6.58 Å². The molecule has 64 valence electrons. The van der Waals surface area contributed by atoms with Crippen LogP contribution in [0.3, 0.4) is 0 Å². The molecule has 0 saturated heterocycles. The van der Waals surface area contributed by atoms with Gasteiger partial charge in [-0.3, -0.25) is 9.59 Å². The van der Waals surface area contributed by atoms with Crippen molar-refractivity contribution >= 4 is 23.5 Å². The first kappa shape index (κ1) is 13.0. The highest BCUT2D eigenvalue weighted by molar-refractivity contribution is 7.96. The summed E-state index contributed by atoms with van der Waals surface area (Å²) in [6, 6.07) is 0. The van der Waals surface area contributed by atoms with Crippen LogP contribution < -0.4 is 6.15 Å². The van der Waals surface area contributed by atoms with Gasteiger partial charge in [-0.05, 0) is 19.4 Å². The summed E-state index contributed by atoms with van der Waals surface area (Å²) in [5.74, 6) is -0.888. The number of hydrogen-bond acceptors (Lipinski definition) is 3. The van der Waals surface area contributed by atoms with E-state index in [2.05, 4.69) is 19.2 Å². The second-order valence-corrected chi connectivity index (χ2v) is 2.65. The van der Waals surface area contributed by atoms with Crippen molar-refractivity contribution in [2.75, 3.05) is 0 Å². The van der Waals surface area contributed by atoms with Gasteiger partial charge in [-0.15, -0.1) is 12.6 Å². The SMILES string of the molecule is C=C(C)C(=O)C(C)C(=O)S.N. The summed E-state index contributed by atoms with van der Waals surface area (Å²) in [6.45, 7) is 6.52. The van der Waals surface area contributed by atoms with Crippen LogP contribution in [-0.4, -0.2) is 10.9 Å². The van der Waals surface area contributed by atoms with Crippen molar-refractivity contribution < 1.29 is 9.59 Å². The van der Waals surface area contributed by atoms with Crippen molar-refractivity contribution in [3.05, 3.63) is 12.2 Å². The first-order valence-electron chi connectivity index (χ1n) is 2.89. The number of thiol groups is 1.